The van der Waals surface area contributed by atoms with Crippen LogP contribution in [0.1, 0.15) is 34.3 Å². The van der Waals surface area contributed by atoms with Crippen molar-refractivity contribution in [2.75, 3.05) is 13.1 Å². The normalized spacial score (nSPS) is 15.0. The number of hydrogen-bond donors (Lipinski definition) is 3. The average Bonchev–Trinajstić information content (AvgIpc) is 3.53. The molecule has 1 amide bonds. The van der Waals surface area contributed by atoms with Gasteiger partial charge < -0.3 is 20.1 Å². The molecule has 11 nitrogen and oxygen atoms in total. The Morgan fingerprint density at radius 2 is 1.61 bits per heavy atom. The van der Waals surface area contributed by atoms with E-state index in [9.17, 15) is 31.1 Å². The molecular weight excluding hydrogens is 566 g/mol. The van der Waals surface area contributed by atoms with E-state index in [1.807, 2.05) is 54.5 Å². The number of rotatable bonds is 6. The van der Waals surface area contributed by atoms with E-state index >= 15 is 0 Å². The zero-order chi connectivity index (χ0) is 30.8. The number of aromatic nitrogens is 4. The maximum absolute atomic E-state index is 12.3. The van der Waals surface area contributed by atoms with Gasteiger partial charge in [-0.05, 0) is 36.8 Å². The van der Waals surface area contributed by atoms with Crippen LogP contribution in [0.5, 0.6) is 0 Å². The molecule has 17 heteroatoms. The van der Waals surface area contributed by atoms with Crippen LogP contribution < -0.4 is 5.32 Å². The molecule has 0 aliphatic carbocycles. The van der Waals surface area contributed by atoms with Crippen LogP contribution >= 0.6 is 0 Å². The maximum atomic E-state index is 12.3. The molecule has 1 unspecified atom stereocenters. The molecule has 0 spiro atoms. The van der Waals surface area contributed by atoms with Crippen molar-refractivity contribution in [2.24, 2.45) is 7.05 Å². The molecule has 3 N–H and O–H groups in total. The summed E-state index contributed by atoms with van der Waals surface area (Å²) in [7, 11) is 1.88. The summed E-state index contributed by atoms with van der Waals surface area (Å²) in [6, 6.07) is 12.0. The Kier molecular flexibility index (Phi) is 11.4. The largest absolute Gasteiger partial charge is 0.490 e. The van der Waals surface area contributed by atoms with Gasteiger partial charge in [0.1, 0.15) is 5.69 Å². The second-order valence-corrected chi connectivity index (χ2v) is 8.57. The number of halogens is 6. The summed E-state index contributed by atoms with van der Waals surface area (Å²) in [4.78, 5) is 36.9. The predicted molar refractivity (Wildman–Crippen MR) is 129 cm³/mol. The van der Waals surface area contributed by atoms with Gasteiger partial charge >= 0.3 is 24.3 Å². The molecule has 0 saturated carbocycles. The number of aliphatic carboxylic acids is 2. The number of alkyl halides is 6. The monoisotopic (exact) mass is 592 g/mol. The van der Waals surface area contributed by atoms with Gasteiger partial charge in [0.05, 0.1) is 17.4 Å². The second kappa shape index (κ2) is 14.3. The van der Waals surface area contributed by atoms with Crippen molar-refractivity contribution in [2.45, 2.75) is 37.9 Å². The Balaban J connectivity index is 0.000000349. The van der Waals surface area contributed by atoms with Crippen molar-refractivity contribution >= 4 is 17.8 Å². The fourth-order valence-electron chi connectivity index (χ4n) is 3.66. The first-order chi connectivity index (χ1) is 19.1. The lowest BCUT2D eigenvalue weighted by Crippen LogP contribution is -2.39. The molecular formula is C24H26F6N6O5. The van der Waals surface area contributed by atoms with Crippen LogP contribution in [-0.4, -0.2) is 77.7 Å². The van der Waals surface area contributed by atoms with Crippen LogP contribution in [-0.2, 0) is 29.7 Å². The number of fused-ring (bicyclic) bond motifs is 1. The number of pyridine rings is 1. The number of carbonyl (C=O) groups excluding carboxylic acids is 1. The van der Waals surface area contributed by atoms with Crippen LogP contribution in [0.15, 0.2) is 55.0 Å². The highest BCUT2D eigenvalue weighted by Gasteiger charge is 2.38. The Morgan fingerprint density at radius 1 is 0.976 bits per heavy atom. The quantitative estimate of drug-likeness (QED) is 0.371. The number of carbonyl (C=O) groups is 3. The molecule has 41 heavy (non-hydrogen) atoms. The summed E-state index contributed by atoms with van der Waals surface area (Å²) in [6.45, 7) is 3.19. The van der Waals surface area contributed by atoms with Gasteiger partial charge in [-0.2, -0.15) is 31.4 Å². The molecule has 1 atom stereocenters. The minimum absolute atomic E-state index is 0.0376. The lowest BCUT2D eigenvalue weighted by atomic mass is 10.1. The van der Waals surface area contributed by atoms with Crippen LogP contribution in [0.4, 0.5) is 26.3 Å². The summed E-state index contributed by atoms with van der Waals surface area (Å²) in [5.41, 5.74) is 2.95. The molecule has 1 aliphatic heterocycles. The number of amides is 1. The van der Waals surface area contributed by atoms with Gasteiger partial charge in [-0.25, -0.2) is 9.59 Å². The van der Waals surface area contributed by atoms with Crippen molar-refractivity contribution in [3.63, 3.8) is 0 Å². The van der Waals surface area contributed by atoms with Gasteiger partial charge in [-0.3, -0.25) is 19.4 Å². The first kappa shape index (κ1) is 32.8. The lowest BCUT2D eigenvalue weighted by molar-refractivity contribution is -0.193. The number of hydrogen-bond acceptors (Lipinski definition) is 6. The van der Waals surface area contributed by atoms with Crippen LogP contribution in [0.3, 0.4) is 0 Å². The highest BCUT2D eigenvalue weighted by Crippen LogP contribution is 2.24. The summed E-state index contributed by atoms with van der Waals surface area (Å²) >= 11 is 0. The smallest absolute Gasteiger partial charge is 0.475 e. The first-order valence-electron chi connectivity index (χ1n) is 11.7. The van der Waals surface area contributed by atoms with E-state index < -0.39 is 24.3 Å². The third-order valence-electron chi connectivity index (χ3n) is 5.49. The van der Waals surface area contributed by atoms with Crippen LogP contribution in [0, 0.1) is 0 Å². The Labute approximate surface area is 229 Å². The molecule has 4 rings (SSSR count). The topological polar surface area (TPSA) is 143 Å². The number of nitrogens with zero attached hydrogens (tertiary/aromatic N) is 5. The molecule has 224 valence electrons. The molecule has 1 aliphatic rings. The van der Waals surface area contributed by atoms with Gasteiger partial charge in [-0.1, -0.05) is 6.07 Å². The highest BCUT2D eigenvalue weighted by molar-refractivity contribution is 5.92. The van der Waals surface area contributed by atoms with E-state index in [0.717, 1.165) is 31.7 Å². The minimum Gasteiger partial charge on any atom is -0.475 e. The standard InChI is InChI=1S/C20H24N6O.2C2HF3O2/c1-24-12-4-6-19(24)20(27)22-10-7-17-14-25(13-16-5-2-3-9-21-16)15-18-8-11-23-26(17)18;2*3-2(4,5)1(6)7/h2-6,8-9,11-12,17H,7,10,13-15H2,1H3,(H,22,27);2*(H,6,7). The zero-order valence-corrected chi connectivity index (χ0v) is 21.4. The van der Waals surface area contributed by atoms with E-state index in [-0.39, 0.29) is 11.9 Å². The summed E-state index contributed by atoms with van der Waals surface area (Å²) in [6.07, 6.45) is -3.76. The molecule has 0 radical (unpaired) electrons. The van der Waals surface area contributed by atoms with Crippen molar-refractivity contribution in [3.05, 3.63) is 72.1 Å². The molecule has 4 heterocycles. The third kappa shape index (κ3) is 10.6. The summed E-state index contributed by atoms with van der Waals surface area (Å²) < 4.78 is 67.4. The fraction of sp³-hybridized carbons (Fsp3) is 0.375. The van der Waals surface area contributed by atoms with E-state index in [2.05, 4.69) is 37.1 Å². The molecule has 3 aromatic rings. The predicted octanol–water partition coefficient (Wildman–Crippen LogP) is 3.26. The van der Waals surface area contributed by atoms with Gasteiger partial charge in [0.25, 0.3) is 5.91 Å². The number of aryl methyl sites for hydroxylation is 1. The molecule has 0 saturated heterocycles. The van der Waals surface area contributed by atoms with Gasteiger partial charge in [0, 0.05) is 51.8 Å². The maximum Gasteiger partial charge on any atom is 0.490 e. The minimum atomic E-state index is -5.08. The zero-order valence-electron chi connectivity index (χ0n) is 21.4. The average molecular weight is 592 g/mol. The van der Waals surface area contributed by atoms with Crippen LogP contribution in [0.2, 0.25) is 0 Å². The van der Waals surface area contributed by atoms with Gasteiger partial charge in [0.15, 0.2) is 0 Å². The number of carboxylic acids is 2. The van der Waals surface area contributed by atoms with Crippen molar-refractivity contribution in [3.8, 4) is 0 Å². The third-order valence-corrected chi connectivity index (χ3v) is 5.49. The number of nitrogens with one attached hydrogen (secondary N) is 1. The second-order valence-electron chi connectivity index (χ2n) is 8.57. The Morgan fingerprint density at radius 3 is 2.12 bits per heavy atom. The molecule has 0 aromatic carbocycles. The lowest BCUT2D eigenvalue weighted by Gasteiger charge is -2.33. The molecule has 3 aromatic heterocycles. The van der Waals surface area contributed by atoms with E-state index in [0.29, 0.717) is 12.2 Å². The Hall–Kier alpha value is -4.41. The van der Waals surface area contributed by atoms with Gasteiger partial charge in [-0.15, -0.1) is 0 Å². The first-order valence-corrected chi connectivity index (χ1v) is 11.7. The molecule has 0 fully saturated rings. The SMILES string of the molecule is Cn1cccc1C(=O)NCCC1CN(Cc2ccccn2)Cc2ccnn21.O=C(O)C(F)(F)F.O=C(O)C(F)(F)F. The van der Waals surface area contributed by atoms with Crippen molar-refractivity contribution in [1.29, 1.82) is 0 Å². The van der Waals surface area contributed by atoms with E-state index in [1.54, 1.807) is 0 Å². The van der Waals surface area contributed by atoms with Crippen molar-refractivity contribution in [1.82, 2.24) is 29.5 Å². The van der Waals surface area contributed by atoms with Crippen LogP contribution in [0.25, 0.3) is 0 Å². The summed E-state index contributed by atoms with van der Waals surface area (Å²) in [5, 5.41) is 21.8. The number of carboxylic acid groups (broad SMARTS) is 2. The summed E-state index contributed by atoms with van der Waals surface area (Å²) in [5.74, 6) is -5.55. The molecule has 0 bridgehead atoms. The Bertz CT molecular complexity index is 1270. The van der Waals surface area contributed by atoms with E-state index in [4.69, 9.17) is 19.8 Å². The van der Waals surface area contributed by atoms with Crippen molar-refractivity contribution < 1.29 is 50.9 Å². The van der Waals surface area contributed by atoms with Gasteiger partial charge in [0.2, 0.25) is 0 Å². The van der Waals surface area contributed by atoms with E-state index in [1.165, 1.54) is 5.69 Å². The fourth-order valence-corrected chi connectivity index (χ4v) is 3.66. The highest BCUT2D eigenvalue weighted by atomic mass is 19.4.